The molecule has 2 nitrogen and oxygen atoms in total. The number of rotatable bonds is 5. The summed E-state index contributed by atoms with van der Waals surface area (Å²) in [6.45, 7) is 14.7. The lowest BCUT2D eigenvalue weighted by Crippen LogP contribution is -2.56. The van der Waals surface area contributed by atoms with E-state index in [1.807, 2.05) is 0 Å². The summed E-state index contributed by atoms with van der Waals surface area (Å²) in [5, 5.41) is 0. The van der Waals surface area contributed by atoms with E-state index in [1.165, 1.54) is 49.4 Å². The fourth-order valence-corrected chi connectivity index (χ4v) is 4.18. The SMILES string of the molecule is C=C1CC(C)CN1c1ccc(N2CC(CC)(CCC)C2)cc1. The molecule has 22 heavy (non-hydrogen) atoms. The lowest BCUT2D eigenvalue weighted by atomic mass is 9.73. The van der Waals surface area contributed by atoms with Gasteiger partial charge >= 0.3 is 0 Å². The van der Waals surface area contributed by atoms with Crippen molar-refractivity contribution in [1.29, 1.82) is 0 Å². The predicted octanol–water partition coefficient (Wildman–Crippen LogP) is 5.06. The van der Waals surface area contributed by atoms with E-state index in [9.17, 15) is 0 Å². The summed E-state index contributed by atoms with van der Waals surface area (Å²) in [4.78, 5) is 4.91. The second-order valence-corrected chi connectivity index (χ2v) is 7.46. The zero-order valence-corrected chi connectivity index (χ0v) is 14.4. The van der Waals surface area contributed by atoms with Crippen LogP contribution in [-0.2, 0) is 0 Å². The van der Waals surface area contributed by atoms with Gasteiger partial charge < -0.3 is 9.80 Å². The molecule has 2 aliphatic heterocycles. The molecular weight excluding hydrogens is 268 g/mol. The van der Waals surface area contributed by atoms with Crippen LogP contribution >= 0.6 is 0 Å². The van der Waals surface area contributed by atoms with Crippen molar-refractivity contribution in [2.45, 2.75) is 46.5 Å². The van der Waals surface area contributed by atoms with E-state index < -0.39 is 0 Å². The summed E-state index contributed by atoms with van der Waals surface area (Å²) < 4.78 is 0. The van der Waals surface area contributed by atoms with Crippen LogP contribution in [0.15, 0.2) is 36.5 Å². The van der Waals surface area contributed by atoms with Crippen molar-refractivity contribution in [3.63, 3.8) is 0 Å². The Morgan fingerprint density at radius 2 is 1.77 bits per heavy atom. The molecule has 0 radical (unpaired) electrons. The highest BCUT2D eigenvalue weighted by Gasteiger charge is 2.40. The molecule has 2 fully saturated rings. The smallest absolute Gasteiger partial charge is 0.0409 e. The van der Waals surface area contributed by atoms with Gasteiger partial charge in [-0.2, -0.15) is 0 Å². The predicted molar refractivity (Wildman–Crippen MR) is 96.6 cm³/mol. The van der Waals surface area contributed by atoms with Gasteiger partial charge in [0.15, 0.2) is 0 Å². The third-order valence-electron chi connectivity index (χ3n) is 5.57. The largest absolute Gasteiger partial charge is 0.370 e. The van der Waals surface area contributed by atoms with Crippen molar-refractivity contribution >= 4 is 11.4 Å². The Kier molecular flexibility index (Phi) is 4.20. The van der Waals surface area contributed by atoms with Crippen LogP contribution in [0.5, 0.6) is 0 Å². The number of benzene rings is 1. The summed E-state index contributed by atoms with van der Waals surface area (Å²) >= 11 is 0. The maximum Gasteiger partial charge on any atom is 0.0409 e. The monoisotopic (exact) mass is 298 g/mol. The number of hydrogen-bond acceptors (Lipinski definition) is 2. The summed E-state index contributed by atoms with van der Waals surface area (Å²) in [5.74, 6) is 0.724. The molecule has 2 aliphatic rings. The van der Waals surface area contributed by atoms with Gasteiger partial charge in [0, 0.05) is 42.1 Å². The Hall–Kier alpha value is -1.44. The molecule has 2 heteroatoms. The maximum absolute atomic E-state index is 4.21. The van der Waals surface area contributed by atoms with E-state index in [0.29, 0.717) is 5.41 Å². The van der Waals surface area contributed by atoms with Gasteiger partial charge in [0.1, 0.15) is 0 Å². The Morgan fingerprint density at radius 1 is 1.14 bits per heavy atom. The molecule has 0 amide bonds. The van der Waals surface area contributed by atoms with Gasteiger partial charge in [-0.05, 0) is 49.4 Å². The lowest BCUT2D eigenvalue weighted by Gasteiger charge is -2.51. The molecule has 2 saturated heterocycles. The highest BCUT2D eigenvalue weighted by molar-refractivity contribution is 5.60. The number of anilines is 2. The molecule has 1 aromatic carbocycles. The highest BCUT2D eigenvalue weighted by atomic mass is 15.2. The summed E-state index contributed by atoms with van der Waals surface area (Å²) in [6, 6.07) is 9.11. The van der Waals surface area contributed by atoms with Crippen LogP contribution in [-0.4, -0.2) is 19.6 Å². The molecule has 1 unspecified atom stereocenters. The lowest BCUT2D eigenvalue weighted by molar-refractivity contribution is 0.183. The van der Waals surface area contributed by atoms with E-state index in [4.69, 9.17) is 0 Å². The second kappa shape index (κ2) is 5.98. The zero-order chi connectivity index (χ0) is 15.7. The van der Waals surface area contributed by atoms with Crippen LogP contribution in [0.1, 0.15) is 46.5 Å². The Balaban J connectivity index is 1.65. The fourth-order valence-electron chi connectivity index (χ4n) is 4.18. The van der Waals surface area contributed by atoms with E-state index >= 15 is 0 Å². The fraction of sp³-hybridized carbons (Fsp3) is 0.600. The molecule has 2 heterocycles. The van der Waals surface area contributed by atoms with Gasteiger partial charge in [-0.1, -0.05) is 33.8 Å². The molecule has 1 atom stereocenters. The molecular formula is C20H30N2. The summed E-state index contributed by atoms with van der Waals surface area (Å²) in [5.41, 5.74) is 4.51. The minimum absolute atomic E-state index is 0.575. The first kappa shape index (κ1) is 15.5. The highest BCUT2D eigenvalue weighted by Crippen LogP contribution is 2.41. The maximum atomic E-state index is 4.21. The van der Waals surface area contributed by atoms with E-state index in [0.717, 1.165) is 18.9 Å². The number of nitrogens with zero attached hydrogens (tertiary/aromatic N) is 2. The molecule has 3 rings (SSSR count). The third-order valence-corrected chi connectivity index (χ3v) is 5.57. The van der Waals surface area contributed by atoms with Gasteiger partial charge in [-0.15, -0.1) is 0 Å². The topological polar surface area (TPSA) is 6.48 Å². The Morgan fingerprint density at radius 3 is 2.27 bits per heavy atom. The van der Waals surface area contributed by atoms with Crippen molar-refractivity contribution in [3.05, 3.63) is 36.5 Å². The first-order valence-corrected chi connectivity index (χ1v) is 8.87. The number of hydrogen-bond donors (Lipinski definition) is 0. The molecule has 0 N–H and O–H groups in total. The van der Waals surface area contributed by atoms with Crippen LogP contribution in [0.2, 0.25) is 0 Å². The van der Waals surface area contributed by atoms with Crippen LogP contribution in [0.25, 0.3) is 0 Å². The summed E-state index contributed by atoms with van der Waals surface area (Å²) in [6.07, 6.45) is 5.10. The molecule has 0 spiro atoms. The van der Waals surface area contributed by atoms with Crippen molar-refractivity contribution in [1.82, 2.24) is 0 Å². The van der Waals surface area contributed by atoms with E-state index in [1.54, 1.807) is 0 Å². The minimum atomic E-state index is 0.575. The normalized spacial score (nSPS) is 23.8. The Bertz CT molecular complexity index is 525. The second-order valence-electron chi connectivity index (χ2n) is 7.46. The average molecular weight is 298 g/mol. The molecule has 1 aromatic rings. The standard InChI is InChI=1S/C20H30N2/c1-5-11-20(6-2)14-21(15-20)18-7-9-19(10-8-18)22-13-16(3)12-17(22)4/h7-10,16H,4-6,11-15H2,1-3H3. The van der Waals surface area contributed by atoms with Crippen LogP contribution in [0.4, 0.5) is 11.4 Å². The van der Waals surface area contributed by atoms with Gasteiger partial charge in [-0.3, -0.25) is 0 Å². The molecule has 0 aliphatic carbocycles. The minimum Gasteiger partial charge on any atom is -0.370 e. The van der Waals surface area contributed by atoms with Crippen molar-refractivity contribution in [3.8, 4) is 0 Å². The van der Waals surface area contributed by atoms with Crippen molar-refractivity contribution < 1.29 is 0 Å². The summed E-state index contributed by atoms with van der Waals surface area (Å²) in [7, 11) is 0. The molecule has 120 valence electrons. The first-order valence-electron chi connectivity index (χ1n) is 8.87. The first-order chi connectivity index (χ1) is 10.6. The van der Waals surface area contributed by atoms with Crippen molar-refractivity contribution in [2.24, 2.45) is 11.3 Å². The third kappa shape index (κ3) is 2.76. The van der Waals surface area contributed by atoms with Crippen LogP contribution < -0.4 is 9.80 Å². The molecule has 0 aromatic heterocycles. The zero-order valence-electron chi connectivity index (χ0n) is 14.4. The molecule has 0 bridgehead atoms. The van der Waals surface area contributed by atoms with Gasteiger partial charge in [-0.25, -0.2) is 0 Å². The van der Waals surface area contributed by atoms with E-state index in [2.05, 4.69) is 61.4 Å². The van der Waals surface area contributed by atoms with Crippen LogP contribution in [0, 0.1) is 11.3 Å². The number of allylic oxidation sites excluding steroid dienone is 1. The van der Waals surface area contributed by atoms with Crippen molar-refractivity contribution in [2.75, 3.05) is 29.4 Å². The molecule has 0 saturated carbocycles. The van der Waals surface area contributed by atoms with Gasteiger partial charge in [0.2, 0.25) is 0 Å². The van der Waals surface area contributed by atoms with Gasteiger partial charge in [0.05, 0.1) is 0 Å². The Labute approximate surface area is 135 Å². The average Bonchev–Trinajstić information content (AvgIpc) is 2.81. The van der Waals surface area contributed by atoms with Crippen LogP contribution in [0.3, 0.4) is 0 Å². The van der Waals surface area contributed by atoms with E-state index in [-0.39, 0.29) is 0 Å². The van der Waals surface area contributed by atoms with Gasteiger partial charge in [0.25, 0.3) is 0 Å². The quantitative estimate of drug-likeness (QED) is 0.749.